The second-order valence-electron chi connectivity index (χ2n) is 3.18. The van der Waals surface area contributed by atoms with Crippen LogP contribution in [0.25, 0.3) is 0 Å². The van der Waals surface area contributed by atoms with Crippen LogP contribution in [-0.4, -0.2) is 23.7 Å². The number of alkyl halides is 2. The van der Waals surface area contributed by atoms with Crippen LogP contribution in [-0.2, 0) is 6.42 Å². The third kappa shape index (κ3) is 3.05. The van der Waals surface area contributed by atoms with Crippen LogP contribution in [0.4, 0.5) is 8.78 Å². The van der Waals surface area contributed by atoms with Gasteiger partial charge in [-0.1, -0.05) is 30.3 Å². The molecule has 0 saturated heterocycles. The summed E-state index contributed by atoms with van der Waals surface area (Å²) in [7, 11) is 0. The molecule has 0 radical (unpaired) electrons. The fourth-order valence-electron chi connectivity index (χ4n) is 1.19. The maximum absolute atomic E-state index is 12.1. The van der Waals surface area contributed by atoms with Crippen molar-refractivity contribution in [1.82, 2.24) is 0 Å². The van der Waals surface area contributed by atoms with E-state index in [4.69, 9.17) is 10.8 Å². The van der Waals surface area contributed by atoms with Gasteiger partial charge in [-0.2, -0.15) is 0 Å². The van der Waals surface area contributed by atoms with E-state index in [0.717, 1.165) is 5.56 Å². The first-order valence-electron chi connectivity index (χ1n) is 4.37. The van der Waals surface area contributed by atoms with E-state index in [1.165, 1.54) is 0 Å². The number of hydrogen-bond acceptors (Lipinski definition) is 2. The Kier molecular flexibility index (Phi) is 3.98. The zero-order chi connectivity index (χ0) is 10.6. The van der Waals surface area contributed by atoms with Crippen molar-refractivity contribution in [2.75, 3.05) is 0 Å². The molecule has 1 rings (SSSR count). The highest BCUT2D eigenvalue weighted by Gasteiger charge is 2.24. The van der Waals surface area contributed by atoms with Gasteiger partial charge >= 0.3 is 0 Å². The summed E-state index contributed by atoms with van der Waals surface area (Å²) in [6.07, 6.45) is -4.28. The Morgan fingerprint density at radius 3 is 2.29 bits per heavy atom. The van der Waals surface area contributed by atoms with E-state index in [0.29, 0.717) is 0 Å². The molecule has 0 aliphatic heterocycles. The average Bonchev–Trinajstić information content (AvgIpc) is 2.18. The second-order valence-corrected chi connectivity index (χ2v) is 3.18. The molecule has 0 bridgehead atoms. The number of aliphatic hydroxyl groups is 1. The van der Waals surface area contributed by atoms with E-state index in [-0.39, 0.29) is 6.42 Å². The SMILES string of the molecule is NC(Cc1ccccc1)C(O)C(F)F. The molecule has 2 atom stereocenters. The van der Waals surface area contributed by atoms with Crippen molar-refractivity contribution in [3.8, 4) is 0 Å². The van der Waals surface area contributed by atoms with Crippen molar-refractivity contribution in [1.29, 1.82) is 0 Å². The van der Waals surface area contributed by atoms with E-state index in [2.05, 4.69) is 0 Å². The lowest BCUT2D eigenvalue weighted by Gasteiger charge is -2.17. The molecule has 0 aliphatic rings. The maximum atomic E-state index is 12.1. The van der Waals surface area contributed by atoms with E-state index >= 15 is 0 Å². The summed E-state index contributed by atoms with van der Waals surface area (Å²) in [5.41, 5.74) is 6.27. The minimum absolute atomic E-state index is 0.256. The Labute approximate surface area is 81.4 Å². The van der Waals surface area contributed by atoms with Gasteiger partial charge in [0.1, 0.15) is 6.10 Å². The lowest BCUT2D eigenvalue weighted by atomic mass is 10.0. The average molecular weight is 201 g/mol. The zero-order valence-electron chi connectivity index (χ0n) is 7.61. The molecule has 2 unspecified atom stereocenters. The van der Waals surface area contributed by atoms with Gasteiger partial charge in [-0.05, 0) is 12.0 Å². The van der Waals surface area contributed by atoms with Crippen molar-refractivity contribution >= 4 is 0 Å². The summed E-state index contributed by atoms with van der Waals surface area (Å²) in [6, 6.07) is 8.10. The van der Waals surface area contributed by atoms with Crippen molar-refractivity contribution in [3.05, 3.63) is 35.9 Å². The summed E-state index contributed by atoms with van der Waals surface area (Å²) in [5.74, 6) is 0. The predicted molar refractivity (Wildman–Crippen MR) is 50.1 cm³/mol. The number of aliphatic hydroxyl groups excluding tert-OH is 1. The lowest BCUT2D eigenvalue weighted by molar-refractivity contribution is -0.0184. The van der Waals surface area contributed by atoms with Gasteiger partial charge in [-0.3, -0.25) is 0 Å². The summed E-state index contributed by atoms with van der Waals surface area (Å²) in [4.78, 5) is 0. The number of hydrogen-bond donors (Lipinski definition) is 2. The second kappa shape index (κ2) is 5.02. The van der Waals surface area contributed by atoms with Crippen LogP contribution in [0.1, 0.15) is 5.56 Å². The fraction of sp³-hybridized carbons (Fsp3) is 0.400. The molecule has 0 heterocycles. The van der Waals surface area contributed by atoms with Crippen LogP contribution in [0.3, 0.4) is 0 Å². The molecule has 14 heavy (non-hydrogen) atoms. The van der Waals surface area contributed by atoms with Crippen LogP contribution in [0.2, 0.25) is 0 Å². The highest BCUT2D eigenvalue weighted by Crippen LogP contribution is 2.09. The predicted octanol–water partition coefficient (Wildman–Crippen LogP) is 1.18. The monoisotopic (exact) mass is 201 g/mol. The first-order chi connectivity index (χ1) is 6.61. The number of benzene rings is 1. The highest BCUT2D eigenvalue weighted by atomic mass is 19.3. The molecular weight excluding hydrogens is 188 g/mol. The quantitative estimate of drug-likeness (QED) is 0.768. The van der Waals surface area contributed by atoms with Gasteiger partial charge in [0.25, 0.3) is 6.43 Å². The van der Waals surface area contributed by atoms with Gasteiger partial charge in [0.2, 0.25) is 0 Å². The van der Waals surface area contributed by atoms with Crippen molar-refractivity contribution in [2.24, 2.45) is 5.73 Å². The topological polar surface area (TPSA) is 46.2 Å². The molecule has 1 aromatic carbocycles. The van der Waals surface area contributed by atoms with Crippen LogP contribution < -0.4 is 5.73 Å². The third-order valence-electron chi connectivity index (χ3n) is 2.01. The largest absolute Gasteiger partial charge is 0.386 e. The fourth-order valence-corrected chi connectivity index (χ4v) is 1.19. The standard InChI is InChI=1S/C10H13F2NO/c11-10(12)9(14)8(13)6-7-4-2-1-3-5-7/h1-5,8-10,14H,6,13H2. The van der Waals surface area contributed by atoms with Gasteiger partial charge in [-0.25, -0.2) is 8.78 Å². The molecule has 0 saturated carbocycles. The first kappa shape index (κ1) is 11.1. The van der Waals surface area contributed by atoms with Gasteiger partial charge in [-0.15, -0.1) is 0 Å². The van der Waals surface area contributed by atoms with Crippen LogP contribution in [0.15, 0.2) is 30.3 Å². The van der Waals surface area contributed by atoms with E-state index < -0.39 is 18.6 Å². The smallest absolute Gasteiger partial charge is 0.265 e. The summed E-state index contributed by atoms with van der Waals surface area (Å²) < 4.78 is 24.1. The summed E-state index contributed by atoms with van der Waals surface area (Å²) in [6.45, 7) is 0. The Bertz CT molecular complexity index is 266. The summed E-state index contributed by atoms with van der Waals surface area (Å²) in [5, 5.41) is 8.98. The van der Waals surface area contributed by atoms with Crippen LogP contribution in [0.5, 0.6) is 0 Å². The van der Waals surface area contributed by atoms with Gasteiger partial charge in [0.15, 0.2) is 0 Å². The molecular formula is C10H13F2NO. The van der Waals surface area contributed by atoms with E-state index in [1.807, 2.05) is 6.07 Å². The number of nitrogens with two attached hydrogens (primary N) is 1. The van der Waals surface area contributed by atoms with Gasteiger partial charge in [0.05, 0.1) is 0 Å². The molecule has 2 nitrogen and oxygen atoms in total. The van der Waals surface area contributed by atoms with Gasteiger partial charge in [0, 0.05) is 6.04 Å². The van der Waals surface area contributed by atoms with Crippen molar-refractivity contribution < 1.29 is 13.9 Å². The molecule has 4 heteroatoms. The van der Waals surface area contributed by atoms with E-state index in [1.54, 1.807) is 24.3 Å². The molecule has 78 valence electrons. The maximum Gasteiger partial charge on any atom is 0.265 e. The van der Waals surface area contributed by atoms with Crippen molar-refractivity contribution in [3.63, 3.8) is 0 Å². The molecule has 0 spiro atoms. The number of halogens is 2. The molecule has 1 aromatic rings. The molecule has 0 amide bonds. The van der Waals surface area contributed by atoms with Crippen LogP contribution in [0, 0.1) is 0 Å². The third-order valence-corrected chi connectivity index (χ3v) is 2.01. The molecule has 0 aliphatic carbocycles. The van der Waals surface area contributed by atoms with Crippen molar-refractivity contribution in [2.45, 2.75) is 25.0 Å². The number of rotatable bonds is 4. The van der Waals surface area contributed by atoms with Crippen LogP contribution >= 0.6 is 0 Å². The minimum atomic E-state index is -2.78. The Hall–Kier alpha value is -1.00. The minimum Gasteiger partial charge on any atom is -0.386 e. The Morgan fingerprint density at radius 2 is 1.79 bits per heavy atom. The highest BCUT2D eigenvalue weighted by molar-refractivity contribution is 5.16. The Morgan fingerprint density at radius 1 is 1.21 bits per heavy atom. The Balaban J connectivity index is 2.53. The first-order valence-corrected chi connectivity index (χ1v) is 4.37. The molecule has 3 N–H and O–H groups in total. The zero-order valence-corrected chi connectivity index (χ0v) is 7.61. The normalized spacial score (nSPS) is 15.5. The summed E-state index contributed by atoms with van der Waals surface area (Å²) >= 11 is 0. The molecule has 0 aromatic heterocycles. The molecule has 0 fully saturated rings. The van der Waals surface area contributed by atoms with Gasteiger partial charge < -0.3 is 10.8 Å². The van der Waals surface area contributed by atoms with E-state index in [9.17, 15) is 8.78 Å². The lowest BCUT2D eigenvalue weighted by Crippen LogP contribution is -2.41.